The van der Waals surface area contributed by atoms with Crippen LogP contribution in [0.2, 0.25) is 0 Å². The molecule has 0 saturated carbocycles. The van der Waals surface area contributed by atoms with E-state index in [1.54, 1.807) is 25.0 Å². The van der Waals surface area contributed by atoms with E-state index in [-0.39, 0.29) is 12.2 Å². The summed E-state index contributed by atoms with van der Waals surface area (Å²) in [6, 6.07) is 0. The molecule has 0 aliphatic carbocycles. The number of imidazole rings is 2. The molecule has 0 fully saturated rings. The van der Waals surface area contributed by atoms with E-state index < -0.39 is 11.9 Å². The molecule has 0 aromatic carbocycles. The normalized spacial score (nSPS) is 13.2. The highest BCUT2D eigenvalue weighted by Crippen LogP contribution is 2.12. The summed E-state index contributed by atoms with van der Waals surface area (Å²) in [4.78, 5) is 38.1. The summed E-state index contributed by atoms with van der Waals surface area (Å²) in [6.45, 7) is 3.82. The number of aryl methyl sites for hydroxylation is 2. The van der Waals surface area contributed by atoms with Gasteiger partial charge in [0.1, 0.15) is 12.2 Å². The van der Waals surface area contributed by atoms with Crippen molar-refractivity contribution < 1.29 is 19.1 Å². The first-order chi connectivity index (χ1) is 12.6. The topological polar surface area (TPSA) is 110 Å². The maximum absolute atomic E-state index is 12.0. The van der Waals surface area contributed by atoms with Crippen molar-refractivity contribution in [2.24, 2.45) is 0 Å². The fourth-order valence-electron chi connectivity index (χ4n) is 2.56. The van der Waals surface area contributed by atoms with E-state index in [1.807, 2.05) is 13.8 Å². The van der Waals surface area contributed by atoms with Crippen molar-refractivity contribution in [3.05, 3.63) is 36.4 Å². The van der Waals surface area contributed by atoms with Crippen LogP contribution in [0.15, 0.2) is 25.0 Å². The first-order valence-corrected chi connectivity index (χ1v) is 8.99. The van der Waals surface area contributed by atoms with E-state index in [2.05, 4.69) is 19.9 Å². The van der Waals surface area contributed by atoms with Gasteiger partial charge in [-0.1, -0.05) is 13.8 Å². The summed E-state index contributed by atoms with van der Waals surface area (Å²) < 4.78 is 10.6. The summed E-state index contributed by atoms with van der Waals surface area (Å²) in [5, 5.41) is 0. The minimum atomic E-state index is -0.933. The number of nitrogens with one attached hydrogen (secondary N) is 2. The van der Waals surface area contributed by atoms with Crippen LogP contribution in [0, 0.1) is 0 Å². The Labute approximate surface area is 152 Å². The lowest BCUT2D eigenvalue weighted by Crippen LogP contribution is -2.29. The summed E-state index contributed by atoms with van der Waals surface area (Å²) in [5.74, 6) is -1.87. The smallest absolute Gasteiger partial charge is 0.417 e. The van der Waals surface area contributed by atoms with Gasteiger partial charge in [0.15, 0.2) is 0 Å². The summed E-state index contributed by atoms with van der Waals surface area (Å²) in [6.07, 6.45) is 9.94. The van der Waals surface area contributed by atoms with Gasteiger partial charge in [-0.25, -0.2) is 19.6 Å². The van der Waals surface area contributed by atoms with Gasteiger partial charge in [-0.15, -0.1) is 0 Å². The average molecular weight is 362 g/mol. The van der Waals surface area contributed by atoms with Crippen LogP contribution >= 0.6 is 0 Å². The molecule has 8 nitrogen and oxygen atoms in total. The number of H-pyrrole nitrogens is 2. The molecular formula is C18H26N4O4. The number of rotatable bonds is 10. The van der Waals surface area contributed by atoms with Gasteiger partial charge in [0.25, 0.3) is 0 Å². The number of ether oxygens (including phenoxy) is 2. The Kier molecular flexibility index (Phi) is 7.85. The molecular weight excluding hydrogens is 336 g/mol. The molecule has 0 bridgehead atoms. The number of carbonyl (C=O) groups is 2. The highest BCUT2D eigenvalue weighted by molar-refractivity contribution is 6.29. The molecule has 26 heavy (non-hydrogen) atoms. The van der Waals surface area contributed by atoms with Crippen molar-refractivity contribution >= 4 is 11.9 Å². The van der Waals surface area contributed by atoms with Crippen molar-refractivity contribution in [3.63, 3.8) is 0 Å². The Bertz CT molecular complexity index is 597. The molecule has 0 spiro atoms. The minimum absolute atomic E-state index is 0.337. The quantitative estimate of drug-likeness (QED) is 0.496. The Morgan fingerprint density at radius 3 is 1.62 bits per heavy atom. The van der Waals surface area contributed by atoms with Gasteiger partial charge in [0, 0.05) is 12.4 Å². The Morgan fingerprint density at radius 2 is 1.31 bits per heavy atom. The largest absolute Gasteiger partial charge is 0.454 e. The number of hydrogen-bond donors (Lipinski definition) is 2. The number of hydrogen-bond acceptors (Lipinski definition) is 6. The molecule has 2 aromatic rings. The van der Waals surface area contributed by atoms with Crippen LogP contribution in [0.1, 0.15) is 50.9 Å². The highest BCUT2D eigenvalue weighted by Gasteiger charge is 2.24. The average Bonchev–Trinajstić information content (AvgIpc) is 3.35. The summed E-state index contributed by atoms with van der Waals surface area (Å²) >= 11 is 0. The number of nitrogens with zero attached hydrogens (tertiary/aromatic N) is 2. The van der Waals surface area contributed by atoms with Crippen LogP contribution in [0.5, 0.6) is 0 Å². The van der Waals surface area contributed by atoms with E-state index in [4.69, 9.17) is 9.47 Å². The van der Waals surface area contributed by atoms with Crippen LogP contribution in [0.3, 0.4) is 0 Å². The van der Waals surface area contributed by atoms with E-state index in [0.717, 1.165) is 11.4 Å². The number of aromatic nitrogens is 4. The predicted octanol–water partition coefficient (Wildman–Crippen LogP) is 2.34. The second kappa shape index (κ2) is 10.4. The summed E-state index contributed by atoms with van der Waals surface area (Å²) in [5.41, 5.74) is 1.79. The van der Waals surface area contributed by atoms with Crippen molar-refractivity contribution in [1.29, 1.82) is 0 Å². The van der Waals surface area contributed by atoms with E-state index in [1.165, 1.54) is 0 Å². The van der Waals surface area contributed by atoms with Crippen molar-refractivity contribution in [2.45, 2.75) is 64.6 Å². The van der Waals surface area contributed by atoms with Crippen molar-refractivity contribution in [1.82, 2.24) is 19.9 Å². The third-order valence-corrected chi connectivity index (χ3v) is 4.18. The van der Waals surface area contributed by atoms with Gasteiger partial charge < -0.3 is 19.4 Å². The molecule has 0 aliphatic rings. The standard InChI is InChI=1S/C18H26N4O4/c1-3-15(7-5-13-9-19-11-21-13)25-17(23)18(24)26-16(4-2)8-6-14-10-20-12-22-14/h9-12,15-16H,3-8H2,1-2H3,(H,19,21)(H,20,22). The second-order valence-electron chi connectivity index (χ2n) is 6.07. The fourth-order valence-corrected chi connectivity index (χ4v) is 2.56. The van der Waals surface area contributed by atoms with Gasteiger partial charge in [-0.05, 0) is 38.5 Å². The van der Waals surface area contributed by atoms with Crippen LogP contribution < -0.4 is 0 Å². The zero-order valence-corrected chi connectivity index (χ0v) is 15.2. The van der Waals surface area contributed by atoms with Gasteiger partial charge in [-0.3, -0.25) is 0 Å². The molecule has 0 amide bonds. The molecule has 2 aromatic heterocycles. The molecule has 8 heteroatoms. The van der Waals surface area contributed by atoms with Gasteiger partial charge in [-0.2, -0.15) is 0 Å². The molecule has 142 valence electrons. The maximum Gasteiger partial charge on any atom is 0.417 e. The molecule has 2 unspecified atom stereocenters. The lowest BCUT2D eigenvalue weighted by atomic mass is 10.1. The zero-order valence-electron chi connectivity index (χ0n) is 15.2. The SMILES string of the molecule is CCC(CCc1c[nH]cn1)OC(=O)C(=O)OC(CC)CCc1c[nH]cn1. The number of esters is 2. The Balaban J connectivity index is 1.75. The lowest BCUT2D eigenvalue weighted by molar-refractivity contribution is -0.174. The van der Waals surface area contributed by atoms with Crippen LogP contribution in [-0.2, 0) is 31.9 Å². The highest BCUT2D eigenvalue weighted by atomic mass is 16.6. The van der Waals surface area contributed by atoms with E-state index in [0.29, 0.717) is 38.5 Å². The number of carbonyl (C=O) groups excluding carboxylic acids is 2. The van der Waals surface area contributed by atoms with Gasteiger partial charge >= 0.3 is 11.9 Å². The molecule has 0 radical (unpaired) electrons. The first kappa shape index (κ1) is 19.7. The molecule has 0 aliphatic heterocycles. The minimum Gasteiger partial charge on any atom is -0.454 e. The maximum atomic E-state index is 12.0. The Morgan fingerprint density at radius 1 is 0.885 bits per heavy atom. The van der Waals surface area contributed by atoms with Crippen LogP contribution in [0.4, 0.5) is 0 Å². The Hall–Kier alpha value is -2.64. The van der Waals surface area contributed by atoms with Gasteiger partial charge in [0.2, 0.25) is 0 Å². The van der Waals surface area contributed by atoms with E-state index in [9.17, 15) is 9.59 Å². The molecule has 2 heterocycles. The van der Waals surface area contributed by atoms with Crippen LogP contribution in [-0.4, -0.2) is 44.1 Å². The monoisotopic (exact) mass is 362 g/mol. The molecule has 0 saturated heterocycles. The van der Waals surface area contributed by atoms with Gasteiger partial charge in [0.05, 0.1) is 24.0 Å². The first-order valence-electron chi connectivity index (χ1n) is 8.99. The predicted molar refractivity (Wildman–Crippen MR) is 94.2 cm³/mol. The molecule has 2 N–H and O–H groups in total. The molecule has 2 rings (SSSR count). The second-order valence-corrected chi connectivity index (χ2v) is 6.07. The van der Waals surface area contributed by atoms with Crippen LogP contribution in [0.25, 0.3) is 0 Å². The van der Waals surface area contributed by atoms with E-state index >= 15 is 0 Å². The fraction of sp³-hybridized carbons (Fsp3) is 0.556. The third kappa shape index (κ3) is 6.34. The summed E-state index contributed by atoms with van der Waals surface area (Å²) in [7, 11) is 0. The van der Waals surface area contributed by atoms with Crippen molar-refractivity contribution in [2.75, 3.05) is 0 Å². The zero-order chi connectivity index (χ0) is 18.8. The lowest BCUT2D eigenvalue weighted by Gasteiger charge is -2.18. The van der Waals surface area contributed by atoms with Crippen molar-refractivity contribution in [3.8, 4) is 0 Å². The number of aromatic amines is 2. The third-order valence-electron chi connectivity index (χ3n) is 4.18. The molecule has 2 atom stereocenters.